The highest BCUT2D eigenvalue weighted by Gasteiger charge is 2.35. The van der Waals surface area contributed by atoms with Crippen LogP contribution in [0, 0.1) is 13.8 Å². The van der Waals surface area contributed by atoms with E-state index in [4.69, 9.17) is 4.74 Å². The largest absolute Gasteiger partial charge is 0.497 e. The molecule has 3 rings (SSSR count). The highest BCUT2D eigenvalue weighted by molar-refractivity contribution is 7.89. The van der Waals surface area contributed by atoms with Crippen molar-refractivity contribution in [3.8, 4) is 5.75 Å². The minimum absolute atomic E-state index is 0.0641. The zero-order valence-corrected chi connectivity index (χ0v) is 18.7. The molecule has 31 heavy (non-hydrogen) atoms. The van der Waals surface area contributed by atoms with E-state index in [2.05, 4.69) is 10.6 Å². The second-order valence-corrected chi connectivity index (χ2v) is 9.44. The molecule has 2 N–H and O–H groups in total. The van der Waals surface area contributed by atoms with Crippen LogP contribution < -0.4 is 15.4 Å². The van der Waals surface area contributed by atoms with Crippen molar-refractivity contribution in [3.05, 3.63) is 53.6 Å². The van der Waals surface area contributed by atoms with Crippen LogP contribution in [0.5, 0.6) is 5.75 Å². The minimum Gasteiger partial charge on any atom is -0.497 e. The lowest BCUT2D eigenvalue weighted by molar-refractivity contribution is -0.136. The predicted octanol–water partition coefficient (Wildman–Crippen LogP) is 2.22. The van der Waals surface area contributed by atoms with Crippen molar-refractivity contribution in [2.24, 2.45) is 0 Å². The van der Waals surface area contributed by atoms with Gasteiger partial charge in [-0.2, -0.15) is 4.31 Å². The van der Waals surface area contributed by atoms with Crippen LogP contribution in [0.3, 0.4) is 0 Å². The first-order chi connectivity index (χ1) is 14.7. The number of aryl methyl sites for hydroxylation is 2. The zero-order valence-electron chi connectivity index (χ0n) is 17.8. The van der Waals surface area contributed by atoms with E-state index in [1.54, 1.807) is 24.3 Å². The van der Waals surface area contributed by atoms with E-state index in [1.165, 1.54) is 23.5 Å². The molecule has 1 aliphatic heterocycles. The Kier molecular flexibility index (Phi) is 6.97. The third kappa shape index (κ3) is 5.23. The molecule has 9 heteroatoms. The number of sulfonamides is 1. The number of nitrogens with one attached hydrogen (secondary N) is 2. The number of carbonyl (C=O) groups excluding carboxylic acids is 2. The number of nitrogens with zero attached hydrogens (tertiary/aromatic N) is 1. The average molecular weight is 446 g/mol. The van der Waals surface area contributed by atoms with Gasteiger partial charge in [0.1, 0.15) is 5.75 Å². The van der Waals surface area contributed by atoms with E-state index in [9.17, 15) is 18.0 Å². The number of methoxy groups -OCH3 is 1. The summed E-state index contributed by atoms with van der Waals surface area (Å²) in [5.41, 5.74) is 2.62. The first-order valence-corrected chi connectivity index (χ1v) is 11.5. The maximum absolute atomic E-state index is 13.0. The Morgan fingerprint density at radius 1 is 1.06 bits per heavy atom. The van der Waals surface area contributed by atoms with E-state index < -0.39 is 27.9 Å². The molecule has 1 unspecified atom stereocenters. The number of benzene rings is 2. The Labute approximate surface area is 182 Å². The van der Waals surface area contributed by atoms with Gasteiger partial charge in [-0.05, 0) is 74.2 Å². The van der Waals surface area contributed by atoms with Gasteiger partial charge in [-0.3, -0.25) is 9.59 Å². The fraction of sp³-hybridized carbons (Fsp3) is 0.364. The van der Waals surface area contributed by atoms with Crippen LogP contribution in [0.15, 0.2) is 47.4 Å². The molecule has 0 radical (unpaired) electrons. The summed E-state index contributed by atoms with van der Waals surface area (Å²) in [4.78, 5) is 24.6. The number of hydrogen-bond acceptors (Lipinski definition) is 5. The molecule has 0 aromatic heterocycles. The topological polar surface area (TPSA) is 105 Å². The first-order valence-electron chi connectivity index (χ1n) is 10.0. The normalized spacial score (nSPS) is 16.7. The summed E-state index contributed by atoms with van der Waals surface area (Å²) in [6.45, 7) is 4.31. The number of carbonyl (C=O) groups is 2. The molecule has 0 bridgehead atoms. The van der Waals surface area contributed by atoms with Crippen LogP contribution in [0.1, 0.15) is 24.0 Å². The second kappa shape index (κ2) is 9.49. The van der Waals surface area contributed by atoms with E-state index in [-0.39, 0.29) is 11.4 Å². The van der Waals surface area contributed by atoms with Crippen LogP contribution in [-0.4, -0.2) is 50.8 Å². The third-order valence-electron chi connectivity index (χ3n) is 5.46. The van der Waals surface area contributed by atoms with Gasteiger partial charge in [-0.1, -0.05) is 6.07 Å². The molecule has 0 spiro atoms. The van der Waals surface area contributed by atoms with Crippen molar-refractivity contribution >= 4 is 27.5 Å². The van der Waals surface area contributed by atoms with Crippen LogP contribution in [-0.2, 0) is 19.6 Å². The van der Waals surface area contributed by atoms with Crippen molar-refractivity contribution in [2.75, 3.05) is 25.5 Å². The Bertz CT molecular complexity index is 1070. The van der Waals surface area contributed by atoms with Gasteiger partial charge in [-0.15, -0.1) is 0 Å². The maximum Gasteiger partial charge on any atom is 0.313 e. The van der Waals surface area contributed by atoms with Gasteiger partial charge in [-0.25, -0.2) is 8.42 Å². The SMILES string of the molecule is COc1ccc(S(=O)(=O)N2CCCC2CNC(=O)C(=O)Nc2ccc(C)c(C)c2)cc1. The quantitative estimate of drug-likeness (QED) is 0.664. The summed E-state index contributed by atoms with van der Waals surface area (Å²) in [7, 11) is -2.20. The minimum atomic E-state index is -3.71. The third-order valence-corrected chi connectivity index (χ3v) is 7.42. The zero-order chi connectivity index (χ0) is 22.6. The van der Waals surface area contributed by atoms with Gasteiger partial charge in [0.05, 0.1) is 12.0 Å². The summed E-state index contributed by atoms with van der Waals surface area (Å²) in [6.07, 6.45) is 1.29. The maximum atomic E-state index is 13.0. The molecule has 1 aliphatic rings. The summed E-state index contributed by atoms with van der Waals surface area (Å²) < 4.78 is 32.5. The molecule has 1 fully saturated rings. The van der Waals surface area contributed by atoms with Crippen molar-refractivity contribution < 1.29 is 22.7 Å². The van der Waals surface area contributed by atoms with Gasteiger partial charge in [0, 0.05) is 24.8 Å². The highest BCUT2D eigenvalue weighted by Crippen LogP contribution is 2.27. The van der Waals surface area contributed by atoms with E-state index in [0.717, 1.165) is 11.1 Å². The molecule has 2 aromatic rings. The monoisotopic (exact) mass is 445 g/mol. The molecule has 166 valence electrons. The van der Waals surface area contributed by atoms with Crippen molar-refractivity contribution in [1.29, 1.82) is 0 Å². The Morgan fingerprint density at radius 2 is 1.77 bits per heavy atom. The lowest BCUT2D eigenvalue weighted by Crippen LogP contribution is -2.45. The standard InChI is InChI=1S/C22H27N3O5S/c1-15-6-7-17(13-16(15)2)24-22(27)21(26)23-14-18-5-4-12-25(18)31(28,29)20-10-8-19(30-3)9-11-20/h6-11,13,18H,4-5,12,14H2,1-3H3,(H,23,26)(H,24,27). The molecule has 1 atom stereocenters. The van der Waals surface area contributed by atoms with Crippen LogP contribution in [0.25, 0.3) is 0 Å². The predicted molar refractivity (Wildman–Crippen MR) is 117 cm³/mol. The summed E-state index contributed by atoms with van der Waals surface area (Å²) in [5, 5.41) is 5.13. The number of rotatable bonds is 6. The Balaban J connectivity index is 1.61. The lowest BCUT2D eigenvalue weighted by Gasteiger charge is -2.24. The fourth-order valence-corrected chi connectivity index (χ4v) is 5.20. The van der Waals surface area contributed by atoms with E-state index in [0.29, 0.717) is 30.8 Å². The average Bonchev–Trinajstić information content (AvgIpc) is 3.24. The molecular formula is C22H27N3O5S. The molecule has 2 aromatic carbocycles. The summed E-state index contributed by atoms with van der Waals surface area (Å²) in [6, 6.07) is 11.2. The van der Waals surface area contributed by atoms with Gasteiger partial charge in [0.2, 0.25) is 10.0 Å². The Hall–Kier alpha value is -2.91. The Morgan fingerprint density at radius 3 is 2.42 bits per heavy atom. The fourth-order valence-electron chi connectivity index (χ4n) is 3.51. The molecule has 8 nitrogen and oxygen atoms in total. The number of anilines is 1. The van der Waals surface area contributed by atoms with Crippen molar-refractivity contribution in [2.45, 2.75) is 37.6 Å². The van der Waals surface area contributed by atoms with Gasteiger partial charge in [0.25, 0.3) is 0 Å². The first kappa shape index (κ1) is 22.8. The van der Waals surface area contributed by atoms with Crippen molar-refractivity contribution in [3.63, 3.8) is 0 Å². The molecule has 2 amide bonds. The van der Waals surface area contributed by atoms with Crippen LogP contribution in [0.4, 0.5) is 5.69 Å². The molecule has 0 saturated carbocycles. The van der Waals surface area contributed by atoms with E-state index in [1.807, 2.05) is 19.9 Å². The lowest BCUT2D eigenvalue weighted by atomic mass is 10.1. The number of hydrogen-bond donors (Lipinski definition) is 2. The smallest absolute Gasteiger partial charge is 0.313 e. The van der Waals surface area contributed by atoms with Crippen LogP contribution >= 0.6 is 0 Å². The summed E-state index contributed by atoms with van der Waals surface area (Å²) in [5.74, 6) is -1.02. The highest BCUT2D eigenvalue weighted by atomic mass is 32.2. The second-order valence-electron chi connectivity index (χ2n) is 7.55. The van der Waals surface area contributed by atoms with Crippen LogP contribution in [0.2, 0.25) is 0 Å². The van der Waals surface area contributed by atoms with Gasteiger partial charge >= 0.3 is 11.8 Å². The number of amides is 2. The molecule has 0 aliphatic carbocycles. The van der Waals surface area contributed by atoms with Crippen molar-refractivity contribution in [1.82, 2.24) is 9.62 Å². The summed E-state index contributed by atoms with van der Waals surface area (Å²) >= 11 is 0. The van der Waals surface area contributed by atoms with Gasteiger partial charge in [0.15, 0.2) is 0 Å². The molecule has 1 saturated heterocycles. The van der Waals surface area contributed by atoms with Gasteiger partial charge < -0.3 is 15.4 Å². The molecule has 1 heterocycles. The number of ether oxygens (including phenoxy) is 1. The molecular weight excluding hydrogens is 418 g/mol. The van der Waals surface area contributed by atoms with E-state index >= 15 is 0 Å².